The molecule has 0 saturated carbocycles. The summed E-state index contributed by atoms with van der Waals surface area (Å²) in [5, 5.41) is 4.06. The number of hydrazone groups is 1. The molecular formula is C22H27N3O4. The van der Waals surface area contributed by atoms with E-state index in [1.807, 2.05) is 12.1 Å². The van der Waals surface area contributed by atoms with Crippen molar-refractivity contribution < 1.29 is 19.0 Å². The summed E-state index contributed by atoms with van der Waals surface area (Å²) >= 11 is 0. The molecule has 2 aromatic carbocycles. The number of amides is 1. The van der Waals surface area contributed by atoms with Crippen LogP contribution in [0.5, 0.6) is 17.2 Å². The molecule has 154 valence electrons. The van der Waals surface area contributed by atoms with Gasteiger partial charge in [-0.3, -0.25) is 4.79 Å². The largest absolute Gasteiger partial charge is 0.493 e. The molecule has 0 unspecified atom stereocenters. The van der Waals surface area contributed by atoms with Crippen LogP contribution in [-0.4, -0.2) is 46.5 Å². The van der Waals surface area contributed by atoms with E-state index in [1.165, 1.54) is 46.3 Å². The molecule has 0 aromatic heterocycles. The molecule has 0 radical (unpaired) electrons. The minimum Gasteiger partial charge on any atom is -0.493 e. The molecule has 1 fully saturated rings. The van der Waals surface area contributed by atoms with Crippen LogP contribution in [0.25, 0.3) is 0 Å². The molecule has 0 aliphatic carbocycles. The number of anilines is 1. The van der Waals surface area contributed by atoms with E-state index in [4.69, 9.17) is 14.2 Å². The van der Waals surface area contributed by atoms with Crippen LogP contribution in [0, 0.1) is 0 Å². The van der Waals surface area contributed by atoms with Gasteiger partial charge in [0.25, 0.3) is 5.91 Å². The molecule has 7 heteroatoms. The maximum atomic E-state index is 12.4. The maximum absolute atomic E-state index is 12.4. The van der Waals surface area contributed by atoms with Crippen LogP contribution in [0.4, 0.5) is 5.69 Å². The van der Waals surface area contributed by atoms with Crippen LogP contribution in [0.1, 0.15) is 35.2 Å². The molecule has 1 aliphatic rings. The van der Waals surface area contributed by atoms with Gasteiger partial charge < -0.3 is 19.1 Å². The number of carbonyl (C=O) groups is 1. The first-order valence-electron chi connectivity index (χ1n) is 9.64. The van der Waals surface area contributed by atoms with Gasteiger partial charge in [-0.2, -0.15) is 5.10 Å². The number of rotatable bonds is 7. The van der Waals surface area contributed by atoms with E-state index >= 15 is 0 Å². The van der Waals surface area contributed by atoms with Crippen LogP contribution >= 0.6 is 0 Å². The van der Waals surface area contributed by atoms with Gasteiger partial charge in [-0.05, 0) is 49.1 Å². The maximum Gasteiger partial charge on any atom is 0.271 e. The van der Waals surface area contributed by atoms with Crippen LogP contribution < -0.4 is 24.5 Å². The van der Waals surface area contributed by atoms with E-state index in [1.54, 1.807) is 18.3 Å². The fraction of sp³-hybridized carbons (Fsp3) is 0.364. The Morgan fingerprint density at radius 1 is 0.966 bits per heavy atom. The van der Waals surface area contributed by atoms with Crippen molar-refractivity contribution in [1.82, 2.24) is 5.43 Å². The van der Waals surface area contributed by atoms with Gasteiger partial charge in [-0.1, -0.05) is 12.1 Å². The highest BCUT2D eigenvalue weighted by atomic mass is 16.5. The number of hydrogen-bond acceptors (Lipinski definition) is 6. The summed E-state index contributed by atoms with van der Waals surface area (Å²) in [7, 11) is 4.52. The third-order valence-electron chi connectivity index (χ3n) is 4.92. The first kappa shape index (κ1) is 20.5. The molecule has 0 spiro atoms. The van der Waals surface area contributed by atoms with Gasteiger partial charge in [0.15, 0.2) is 11.5 Å². The Balaban J connectivity index is 1.65. The summed E-state index contributed by atoms with van der Waals surface area (Å²) in [6.45, 7) is 2.22. The van der Waals surface area contributed by atoms with Crippen molar-refractivity contribution in [1.29, 1.82) is 0 Å². The fourth-order valence-electron chi connectivity index (χ4n) is 3.37. The number of nitrogens with one attached hydrogen (secondary N) is 1. The van der Waals surface area contributed by atoms with Gasteiger partial charge in [0.1, 0.15) is 0 Å². The van der Waals surface area contributed by atoms with E-state index in [2.05, 4.69) is 27.6 Å². The summed E-state index contributed by atoms with van der Waals surface area (Å²) in [5.41, 5.74) is 5.03. The number of methoxy groups -OCH3 is 3. The number of piperidine rings is 1. The lowest BCUT2D eigenvalue weighted by Gasteiger charge is -2.28. The second-order valence-electron chi connectivity index (χ2n) is 6.75. The normalized spacial score (nSPS) is 14.0. The van der Waals surface area contributed by atoms with Crippen molar-refractivity contribution >= 4 is 17.8 Å². The van der Waals surface area contributed by atoms with E-state index in [-0.39, 0.29) is 5.91 Å². The summed E-state index contributed by atoms with van der Waals surface area (Å²) in [5.74, 6) is 0.887. The molecule has 1 amide bonds. The summed E-state index contributed by atoms with van der Waals surface area (Å²) in [6, 6.07) is 11.3. The van der Waals surface area contributed by atoms with Crippen molar-refractivity contribution in [3.8, 4) is 17.2 Å². The van der Waals surface area contributed by atoms with Gasteiger partial charge >= 0.3 is 0 Å². The lowest BCUT2D eigenvalue weighted by molar-refractivity contribution is 0.0954. The van der Waals surface area contributed by atoms with E-state index < -0.39 is 0 Å². The SMILES string of the molecule is COc1cc(C(=O)N/N=C\c2ccc(N3CCCCC3)cc2)cc(OC)c1OC. The Morgan fingerprint density at radius 2 is 1.59 bits per heavy atom. The molecule has 2 aromatic rings. The highest BCUT2D eigenvalue weighted by Gasteiger charge is 2.16. The van der Waals surface area contributed by atoms with Crippen LogP contribution in [0.3, 0.4) is 0 Å². The van der Waals surface area contributed by atoms with Crippen LogP contribution in [0.15, 0.2) is 41.5 Å². The standard InChI is InChI=1S/C22H27N3O4/c1-27-19-13-17(14-20(28-2)21(19)29-3)22(26)24-23-15-16-7-9-18(10-8-16)25-11-5-4-6-12-25/h7-10,13-15H,4-6,11-12H2,1-3H3,(H,24,26)/b23-15-. The quantitative estimate of drug-likeness (QED) is 0.572. The van der Waals surface area contributed by atoms with Crippen molar-refractivity contribution in [2.45, 2.75) is 19.3 Å². The Bertz CT molecular complexity index is 834. The molecule has 1 saturated heterocycles. The third kappa shape index (κ3) is 4.99. The van der Waals surface area contributed by atoms with Gasteiger partial charge in [-0.25, -0.2) is 5.43 Å². The van der Waals surface area contributed by atoms with Crippen molar-refractivity contribution in [3.05, 3.63) is 47.5 Å². The average Bonchev–Trinajstić information content (AvgIpc) is 2.78. The smallest absolute Gasteiger partial charge is 0.271 e. The first-order valence-corrected chi connectivity index (χ1v) is 9.64. The number of carbonyl (C=O) groups excluding carboxylic acids is 1. The average molecular weight is 397 g/mol. The van der Waals surface area contributed by atoms with Gasteiger partial charge in [-0.15, -0.1) is 0 Å². The molecule has 1 N–H and O–H groups in total. The Morgan fingerprint density at radius 3 is 2.14 bits per heavy atom. The number of ether oxygens (including phenoxy) is 3. The number of hydrogen-bond donors (Lipinski definition) is 1. The lowest BCUT2D eigenvalue weighted by atomic mass is 10.1. The van der Waals surface area contributed by atoms with Crippen molar-refractivity contribution in [3.63, 3.8) is 0 Å². The second kappa shape index (κ2) is 9.82. The summed E-state index contributed by atoms with van der Waals surface area (Å²) in [6.07, 6.45) is 5.43. The first-order chi connectivity index (χ1) is 14.2. The zero-order valence-corrected chi connectivity index (χ0v) is 17.1. The minimum absolute atomic E-state index is 0.358. The highest BCUT2D eigenvalue weighted by molar-refractivity contribution is 5.96. The molecule has 1 aliphatic heterocycles. The molecule has 0 bridgehead atoms. The molecule has 29 heavy (non-hydrogen) atoms. The minimum atomic E-state index is -0.370. The Kier molecular flexibility index (Phi) is 6.94. The predicted molar refractivity (Wildman–Crippen MR) is 114 cm³/mol. The van der Waals surface area contributed by atoms with Gasteiger partial charge in [0.2, 0.25) is 5.75 Å². The molecule has 0 atom stereocenters. The second-order valence-corrected chi connectivity index (χ2v) is 6.75. The van der Waals surface area contributed by atoms with Gasteiger partial charge in [0.05, 0.1) is 27.5 Å². The zero-order valence-electron chi connectivity index (χ0n) is 17.1. The Labute approximate surface area is 171 Å². The molecule has 7 nitrogen and oxygen atoms in total. The number of nitrogens with zero attached hydrogens (tertiary/aromatic N) is 2. The molecule has 3 rings (SSSR count). The number of benzene rings is 2. The molecular weight excluding hydrogens is 370 g/mol. The highest BCUT2D eigenvalue weighted by Crippen LogP contribution is 2.38. The van der Waals surface area contributed by atoms with Crippen LogP contribution in [0.2, 0.25) is 0 Å². The van der Waals surface area contributed by atoms with Crippen molar-refractivity contribution in [2.24, 2.45) is 5.10 Å². The van der Waals surface area contributed by atoms with Gasteiger partial charge in [0, 0.05) is 24.3 Å². The third-order valence-corrected chi connectivity index (χ3v) is 4.92. The van der Waals surface area contributed by atoms with E-state index in [0.29, 0.717) is 22.8 Å². The van der Waals surface area contributed by atoms with Crippen molar-refractivity contribution in [2.75, 3.05) is 39.3 Å². The van der Waals surface area contributed by atoms with E-state index in [9.17, 15) is 4.79 Å². The zero-order chi connectivity index (χ0) is 20.6. The Hall–Kier alpha value is -3.22. The summed E-state index contributed by atoms with van der Waals surface area (Å²) in [4.78, 5) is 14.8. The fourth-order valence-corrected chi connectivity index (χ4v) is 3.37. The molecule has 1 heterocycles. The topological polar surface area (TPSA) is 72.4 Å². The monoisotopic (exact) mass is 397 g/mol. The summed E-state index contributed by atoms with van der Waals surface area (Å²) < 4.78 is 15.8. The predicted octanol–water partition coefficient (Wildman–Crippen LogP) is 3.47. The van der Waals surface area contributed by atoms with Crippen LogP contribution in [-0.2, 0) is 0 Å². The lowest BCUT2D eigenvalue weighted by Crippen LogP contribution is -2.29. The van der Waals surface area contributed by atoms with E-state index in [0.717, 1.165) is 18.7 Å².